The zero-order chi connectivity index (χ0) is 10.8. The summed E-state index contributed by atoms with van der Waals surface area (Å²) in [6, 6.07) is 1.27. The van der Waals surface area contributed by atoms with Crippen molar-refractivity contribution in [3.63, 3.8) is 0 Å². The summed E-state index contributed by atoms with van der Waals surface area (Å²) >= 11 is 0. The van der Waals surface area contributed by atoms with Crippen LogP contribution in [0.25, 0.3) is 0 Å². The van der Waals surface area contributed by atoms with E-state index in [0.717, 1.165) is 6.54 Å². The van der Waals surface area contributed by atoms with Crippen LogP contribution in [0.2, 0.25) is 19.6 Å². The molecule has 0 aromatic carbocycles. The summed E-state index contributed by atoms with van der Waals surface area (Å²) in [6.45, 7) is 10.7. The van der Waals surface area contributed by atoms with Crippen LogP contribution in [0.5, 0.6) is 0 Å². The molecule has 0 spiro atoms. The van der Waals surface area contributed by atoms with Crippen molar-refractivity contribution in [3.05, 3.63) is 18.2 Å². The Hall–Kier alpha value is -0.573. The van der Waals surface area contributed by atoms with Gasteiger partial charge in [-0.05, 0) is 6.42 Å². The molecule has 0 aliphatic carbocycles. The smallest absolute Gasteiger partial charge is 0.237 e. The molecule has 0 unspecified atom stereocenters. The van der Waals surface area contributed by atoms with E-state index in [2.05, 4.69) is 55.1 Å². The van der Waals surface area contributed by atoms with Crippen molar-refractivity contribution in [2.45, 2.75) is 45.6 Å². The lowest BCUT2D eigenvalue weighted by atomic mass is 10.5. The average molecular weight is 211 g/mol. The Labute approximate surface area is 88.6 Å². The zero-order valence-electron chi connectivity index (χ0n) is 10.2. The van der Waals surface area contributed by atoms with Crippen LogP contribution in [0.15, 0.2) is 12.4 Å². The Morgan fingerprint density at radius 2 is 2.00 bits per heavy atom. The Morgan fingerprint density at radius 1 is 1.36 bits per heavy atom. The van der Waals surface area contributed by atoms with Crippen LogP contribution in [0.1, 0.15) is 19.2 Å². The van der Waals surface area contributed by atoms with Gasteiger partial charge in [-0.1, -0.05) is 26.6 Å². The van der Waals surface area contributed by atoms with Gasteiger partial charge < -0.3 is 0 Å². The minimum atomic E-state index is -0.995. The largest absolute Gasteiger partial charge is 0.253 e. The number of hydrogen-bond donors (Lipinski definition) is 0. The normalized spacial score (nSPS) is 12.1. The molecule has 3 heteroatoms. The standard InChI is InChI=1S/C11H23N2Si/c1-6-7-13-9-8-12(2)11(13)10-14(3,4)5/h8-9H,6-7,10H2,1-5H3/q+1. The lowest BCUT2D eigenvalue weighted by Crippen LogP contribution is -2.38. The summed E-state index contributed by atoms with van der Waals surface area (Å²) in [5, 5.41) is 0. The zero-order valence-corrected chi connectivity index (χ0v) is 11.2. The number of imidazole rings is 1. The molecule has 1 aromatic rings. The molecular formula is C11H23N2Si+. The maximum Gasteiger partial charge on any atom is 0.253 e. The number of aromatic nitrogens is 2. The van der Waals surface area contributed by atoms with Crippen LogP contribution in [-0.2, 0) is 19.6 Å². The lowest BCUT2D eigenvalue weighted by molar-refractivity contribution is -0.678. The van der Waals surface area contributed by atoms with Crippen LogP contribution in [0.3, 0.4) is 0 Å². The molecule has 0 aliphatic heterocycles. The first-order chi connectivity index (χ1) is 6.44. The van der Waals surface area contributed by atoms with Gasteiger partial charge in [0.2, 0.25) is 0 Å². The van der Waals surface area contributed by atoms with Gasteiger partial charge in [0, 0.05) is 6.04 Å². The summed E-state index contributed by atoms with van der Waals surface area (Å²) in [4.78, 5) is 0. The van der Waals surface area contributed by atoms with Crippen molar-refractivity contribution in [3.8, 4) is 0 Å². The summed E-state index contributed by atoms with van der Waals surface area (Å²) in [5.74, 6) is 1.49. The Kier molecular flexibility index (Phi) is 3.53. The van der Waals surface area contributed by atoms with Gasteiger partial charge in [-0.15, -0.1) is 0 Å². The van der Waals surface area contributed by atoms with Crippen molar-refractivity contribution in [1.29, 1.82) is 0 Å². The molecule has 80 valence electrons. The first-order valence-electron chi connectivity index (χ1n) is 5.47. The van der Waals surface area contributed by atoms with E-state index < -0.39 is 8.07 Å². The number of aryl methyl sites for hydroxylation is 2. The van der Waals surface area contributed by atoms with Crippen molar-refractivity contribution in [2.24, 2.45) is 7.05 Å². The van der Waals surface area contributed by atoms with Crippen LogP contribution in [0, 0.1) is 0 Å². The minimum Gasteiger partial charge on any atom is -0.237 e. The van der Waals surface area contributed by atoms with E-state index in [1.165, 1.54) is 18.3 Å². The first-order valence-corrected chi connectivity index (χ1v) is 9.18. The third-order valence-corrected chi connectivity index (χ3v) is 3.74. The number of hydrogen-bond acceptors (Lipinski definition) is 0. The van der Waals surface area contributed by atoms with Gasteiger partial charge in [-0.2, -0.15) is 0 Å². The van der Waals surface area contributed by atoms with Gasteiger partial charge in [0.1, 0.15) is 12.4 Å². The van der Waals surface area contributed by atoms with Crippen molar-refractivity contribution in [1.82, 2.24) is 4.57 Å². The van der Waals surface area contributed by atoms with Crippen LogP contribution in [-0.4, -0.2) is 12.6 Å². The van der Waals surface area contributed by atoms with Crippen molar-refractivity contribution in [2.75, 3.05) is 0 Å². The maximum absolute atomic E-state index is 2.43. The molecule has 0 aliphatic rings. The highest BCUT2D eigenvalue weighted by Gasteiger charge is 2.23. The monoisotopic (exact) mass is 211 g/mol. The molecule has 2 nitrogen and oxygen atoms in total. The molecule has 0 saturated heterocycles. The van der Waals surface area contributed by atoms with Gasteiger partial charge in [0.05, 0.1) is 21.7 Å². The summed E-state index contributed by atoms with van der Waals surface area (Å²) in [5.41, 5.74) is 0. The molecule has 14 heavy (non-hydrogen) atoms. The van der Waals surface area contributed by atoms with Gasteiger partial charge >= 0.3 is 0 Å². The van der Waals surface area contributed by atoms with E-state index in [0.29, 0.717) is 0 Å². The summed E-state index contributed by atoms with van der Waals surface area (Å²) < 4.78 is 4.67. The second-order valence-corrected chi connectivity index (χ2v) is 10.7. The molecule has 0 saturated carbocycles. The lowest BCUT2D eigenvalue weighted by Gasteiger charge is -2.13. The molecule has 0 atom stereocenters. The Morgan fingerprint density at radius 3 is 2.50 bits per heavy atom. The molecule has 1 aromatic heterocycles. The Balaban J connectivity index is 2.88. The molecule has 0 bridgehead atoms. The highest BCUT2D eigenvalue weighted by atomic mass is 28.3. The number of nitrogens with zero attached hydrogens (tertiary/aromatic N) is 2. The van der Waals surface area contributed by atoms with Crippen molar-refractivity contribution >= 4 is 8.07 Å². The van der Waals surface area contributed by atoms with E-state index in [4.69, 9.17) is 0 Å². The average Bonchev–Trinajstić information content (AvgIpc) is 2.34. The maximum atomic E-state index is 2.43. The third-order valence-electron chi connectivity index (χ3n) is 2.36. The van der Waals surface area contributed by atoms with Gasteiger partial charge in [-0.25, -0.2) is 9.13 Å². The second kappa shape index (κ2) is 4.30. The van der Waals surface area contributed by atoms with Gasteiger partial charge in [-0.3, -0.25) is 0 Å². The van der Waals surface area contributed by atoms with E-state index in [-0.39, 0.29) is 0 Å². The fourth-order valence-corrected chi connectivity index (χ4v) is 3.10. The predicted molar refractivity (Wildman–Crippen MR) is 62.9 cm³/mol. The molecule has 0 N–H and O–H groups in total. The van der Waals surface area contributed by atoms with Gasteiger partial charge in [0.25, 0.3) is 5.82 Å². The fourth-order valence-electron chi connectivity index (χ4n) is 1.70. The van der Waals surface area contributed by atoms with Gasteiger partial charge in [0.15, 0.2) is 0 Å². The first kappa shape index (κ1) is 11.5. The molecule has 1 heterocycles. The van der Waals surface area contributed by atoms with E-state index in [9.17, 15) is 0 Å². The van der Waals surface area contributed by atoms with Crippen LogP contribution < -0.4 is 4.57 Å². The highest BCUT2D eigenvalue weighted by molar-refractivity contribution is 6.75. The van der Waals surface area contributed by atoms with E-state index in [1.807, 2.05) is 0 Å². The highest BCUT2D eigenvalue weighted by Crippen LogP contribution is 2.09. The molecular weight excluding hydrogens is 188 g/mol. The summed E-state index contributed by atoms with van der Waals surface area (Å²) in [7, 11) is 1.16. The van der Waals surface area contributed by atoms with E-state index in [1.54, 1.807) is 0 Å². The fraction of sp³-hybridized carbons (Fsp3) is 0.727. The molecule has 0 radical (unpaired) electrons. The molecule has 0 fully saturated rings. The van der Waals surface area contributed by atoms with E-state index >= 15 is 0 Å². The molecule has 1 rings (SSSR count). The molecule has 0 amide bonds. The minimum absolute atomic E-state index is 0.995. The van der Waals surface area contributed by atoms with Crippen molar-refractivity contribution < 1.29 is 4.57 Å². The summed E-state index contributed by atoms with van der Waals surface area (Å²) in [6.07, 6.45) is 5.59. The van der Waals surface area contributed by atoms with Crippen LogP contribution in [0.4, 0.5) is 0 Å². The third kappa shape index (κ3) is 2.98. The topological polar surface area (TPSA) is 8.81 Å². The predicted octanol–water partition coefficient (Wildman–Crippen LogP) is 2.14. The Bertz CT molecular complexity index is 297. The SMILES string of the molecule is CCCn1cc[n+](C)c1C[Si](C)(C)C. The quantitative estimate of drug-likeness (QED) is 0.533. The second-order valence-electron chi connectivity index (χ2n) is 5.26. The van der Waals surface area contributed by atoms with Crippen LogP contribution >= 0.6 is 0 Å². The number of rotatable bonds is 4.